The van der Waals surface area contributed by atoms with Crippen molar-refractivity contribution in [2.75, 3.05) is 0 Å². The number of nitrogens with one attached hydrogen (secondary N) is 2. The summed E-state index contributed by atoms with van der Waals surface area (Å²) < 4.78 is 1.23. The molecule has 0 bridgehead atoms. The van der Waals surface area contributed by atoms with Crippen LogP contribution in [0.25, 0.3) is 11.2 Å². The van der Waals surface area contributed by atoms with Crippen molar-refractivity contribution < 1.29 is 14.7 Å². The van der Waals surface area contributed by atoms with Gasteiger partial charge < -0.3 is 15.0 Å². The molecule has 1 aliphatic heterocycles. The van der Waals surface area contributed by atoms with Gasteiger partial charge in [-0.1, -0.05) is 12.8 Å². The minimum absolute atomic E-state index is 0.00156. The lowest BCUT2D eigenvalue weighted by Crippen LogP contribution is -2.46. The first-order valence-corrected chi connectivity index (χ1v) is 9.58. The van der Waals surface area contributed by atoms with Crippen LogP contribution in [0.5, 0.6) is 0 Å². The van der Waals surface area contributed by atoms with E-state index in [2.05, 4.69) is 15.0 Å². The van der Waals surface area contributed by atoms with Gasteiger partial charge in [0.05, 0.1) is 0 Å². The molecule has 150 valence electrons. The summed E-state index contributed by atoms with van der Waals surface area (Å²) in [4.78, 5) is 59.0. The molecule has 1 saturated heterocycles. The molecule has 2 aromatic heterocycles. The summed E-state index contributed by atoms with van der Waals surface area (Å²) in [6, 6.07) is -0.762. The smallest absolute Gasteiger partial charge is 0.329 e. The molecule has 1 saturated carbocycles. The van der Waals surface area contributed by atoms with E-state index in [-0.39, 0.29) is 41.9 Å². The fourth-order valence-electron chi connectivity index (χ4n) is 4.66. The second kappa shape index (κ2) is 6.92. The van der Waals surface area contributed by atoms with Gasteiger partial charge in [0.15, 0.2) is 5.65 Å². The highest BCUT2D eigenvalue weighted by molar-refractivity contribution is 5.85. The van der Waals surface area contributed by atoms with Crippen molar-refractivity contribution in [3.63, 3.8) is 0 Å². The number of hydrogen-bond acceptors (Lipinski definition) is 5. The van der Waals surface area contributed by atoms with E-state index in [4.69, 9.17) is 0 Å². The molecule has 3 N–H and O–H groups in total. The third-order valence-electron chi connectivity index (χ3n) is 6.04. The second-order valence-electron chi connectivity index (χ2n) is 7.70. The molecular weight excluding hydrogens is 366 g/mol. The number of carbonyl (C=O) groups is 2. The van der Waals surface area contributed by atoms with Crippen molar-refractivity contribution in [2.24, 2.45) is 13.0 Å². The first-order chi connectivity index (χ1) is 13.4. The van der Waals surface area contributed by atoms with E-state index in [1.165, 1.54) is 11.6 Å². The number of aryl methyl sites for hydroxylation is 2. The number of carboxylic acids is 1. The minimum Gasteiger partial charge on any atom is -0.480 e. The number of hydrogen-bond donors (Lipinski definition) is 3. The lowest BCUT2D eigenvalue weighted by molar-refractivity contribution is -0.149. The molecule has 10 heteroatoms. The van der Waals surface area contributed by atoms with Crippen molar-refractivity contribution in [2.45, 2.75) is 57.0 Å². The molecule has 4 rings (SSSR count). The molecule has 3 unspecified atom stereocenters. The number of amides is 1. The number of carbonyl (C=O) groups excluding carboxylic acids is 1. The molecule has 0 spiro atoms. The summed E-state index contributed by atoms with van der Waals surface area (Å²) in [5.41, 5.74) is -0.704. The largest absolute Gasteiger partial charge is 0.480 e. The fraction of sp³-hybridized carbons (Fsp3) is 0.611. The average molecular weight is 389 g/mol. The van der Waals surface area contributed by atoms with Crippen molar-refractivity contribution >= 4 is 23.0 Å². The number of fused-ring (bicyclic) bond motifs is 2. The highest BCUT2D eigenvalue weighted by Crippen LogP contribution is 2.40. The fourth-order valence-corrected chi connectivity index (χ4v) is 4.66. The quantitative estimate of drug-likeness (QED) is 0.678. The van der Waals surface area contributed by atoms with Crippen LogP contribution in [0, 0.1) is 5.92 Å². The van der Waals surface area contributed by atoms with Gasteiger partial charge in [0.2, 0.25) is 5.91 Å². The number of nitrogens with zero attached hydrogens (tertiary/aromatic N) is 3. The molecular formula is C18H23N5O5. The average Bonchev–Trinajstić information content (AvgIpc) is 3.26. The van der Waals surface area contributed by atoms with E-state index in [1.807, 2.05) is 0 Å². The maximum atomic E-state index is 12.9. The normalized spacial score (nSPS) is 24.5. The third kappa shape index (κ3) is 3.02. The summed E-state index contributed by atoms with van der Waals surface area (Å²) in [5, 5.41) is 9.56. The van der Waals surface area contributed by atoms with E-state index in [9.17, 15) is 24.3 Å². The topological polar surface area (TPSA) is 141 Å². The zero-order valence-electron chi connectivity index (χ0n) is 15.6. The van der Waals surface area contributed by atoms with Crippen LogP contribution in [-0.2, 0) is 23.1 Å². The minimum atomic E-state index is -0.951. The molecule has 28 heavy (non-hydrogen) atoms. The summed E-state index contributed by atoms with van der Waals surface area (Å²) in [6.45, 7) is 0. The number of imidazole rings is 1. The monoisotopic (exact) mass is 389 g/mol. The van der Waals surface area contributed by atoms with E-state index >= 15 is 0 Å². The molecule has 1 amide bonds. The lowest BCUT2D eigenvalue weighted by atomic mass is 9.84. The van der Waals surface area contributed by atoms with Crippen molar-refractivity contribution in [1.82, 2.24) is 24.4 Å². The standard InChI is InChI=1S/C18H23N5O5/c1-22-15-14(16(25)21-18(22)28)19-12(20-15)6-7-13(24)23-10-5-3-2-4-9(10)8-11(23)17(26)27/h9-11H,2-8H2,1H3,(H,19,20)(H,26,27)(H,21,25,28). The van der Waals surface area contributed by atoms with Crippen molar-refractivity contribution in [3.8, 4) is 0 Å². The molecule has 3 heterocycles. The van der Waals surface area contributed by atoms with E-state index in [0.29, 0.717) is 12.2 Å². The van der Waals surface area contributed by atoms with Gasteiger partial charge in [-0.15, -0.1) is 0 Å². The van der Waals surface area contributed by atoms with Crippen LogP contribution in [0.4, 0.5) is 0 Å². The molecule has 2 fully saturated rings. The van der Waals surface area contributed by atoms with Gasteiger partial charge in [0, 0.05) is 25.9 Å². The SMILES string of the molecule is Cn1c(=O)[nH]c(=O)c2[nH]c(CCC(=O)N3C(C(=O)O)CC4CCCCC43)nc21. The number of carboxylic acid groups (broad SMARTS) is 1. The van der Waals surface area contributed by atoms with Crippen molar-refractivity contribution in [3.05, 3.63) is 26.7 Å². The number of rotatable bonds is 4. The molecule has 3 atom stereocenters. The Balaban J connectivity index is 1.53. The predicted molar refractivity (Wildman–Crippen MR) is 98.9 cm³/mol. The molecule has 1 aliphatic carbocycles. The summed E-state index contributed by atoms with van der Waals surface area (Å²) >= 11 is 0. The van der Waals surface area contributed by atoms with Gasteiger partial charge in [-0.05, 0) is 25.2 Å². The number of aromatic nitrogens is 4. The Hall–Kier alpha value is -2.91. The Morgan fingerprint density at radius 2 is 1.96 bits per heavy atom. The zero-order chi connectivity index (χ0) is 20.0. The molecule has 0 radical (unpaired) electrons. The van der Waals surface area contributed by atoms with Gasteiger partial charge in [-0.25, -0.2) is 14.6 Å². The van der Waals surface area contributed by atoms with E-state index in [1.54, 1.807) is 4.90 Å². The third-order valence-corrected chi connectivity index (χ3v) is 6.04. The zero-order valence-corrected chi connectivity index (χ0v) is 15.6. The van der Waals surface area contributed by atoms with Crippen LogP contribution in [0.2, 0.25) is 0 Å². The Bertz CT molecular complexity index is 1050. The lowest BCUT2D eigenvalue weighted by Gasteiger charge is -2.33. The van der Waals surface area contributed by atoms with Gasteiger partial charge in [0.25, 0.3) is 5.56 Å². The number of aromatic amines is 2. The molecule has 2 aromatic rings. The predicted octanol–water partition coefficient (Wildman–Crippen LogP) is 0.127. The van der Waals surface area contributed by atoms with Crippen LogP contribution < -0.4 is 11.2 Å². The molecule has 10 nitrogen and oxygen atoms in total. The Kier molecular flexibility index (Phi) is 4.56. The van der Waals surface area contributed by atoms with Crippen LogP contribution in [0.1, 0.15) is 44.3 Å². The summed E-state index contributed by atoms with van der Waals surface area (Å²) in [5.74, 6) is -0.475. The maximum absolute atomic E-state index is 12.9. The number of H-pyrrole nitrogens is 2. The highest BCUT2D eigenvalue weighted by Gasteiger charge is 2.47. The Morgan fingerprint density at radius 1 is 1.21 bits per heavy atom. The Morgan fingerprint density at radius 3 is 2.71 bits per heavy atom. The first kappa shape index (κ1) is 18.5. The number of aliphatic carboxylic acids is 1. The van der Waals surface area contributed by atoms with Gasteiger partial charge in [-0.2, -0.15) is 0 Å². The molecule has 2 aliphatic rings. The maximum Gasteiger partial charge on any atom is 0.329 e. The molecule has 0 aromatic carbocycles. The van der Waals surface area contributed by atoms with Gasteiger partial charge >= 0.3 is 11.7 Å². The first-order valence-electron chi connectivity index (χ1n) is 9.58. The van der Waals surface area contributed by atoms with Gasteiger partial charge in [0.1, 0.15) is 17.4 Å². The summed E-state index contributed by atoms with van der Waals surface area (Å²) in [6.07, 6.45) is 4.77. The van der Waals surface area contributed by atoms with Crippen LogP contribution in [-0.4, -0.2) is 53.5 Å². The van der Waals surface area contributed by atoms with Crippen LogP contribution in [0.15, 0.2) is 9.59 Å². The highest BCUT2D eigenvalue weighted by atomic mass is 16.4. The second-order valence-corrected chi connectivity index (χ2v) is 7.70. The van der Waals surface area contributed by atoms with E-state index < -0.39 is 23.3 Å². The summed E-state index contributed by atoms with van der Waals surface area (Å²) in [7, 11) is 1.50. The van der Waals surface area contributed by atoms with Crippen LogP contribution in [0.3, 0.4) is 0 Å². The van der Waals surface area contributed by atoms with Crippen molar-refractivity contribution in [1.29, 1.82) is 0 Å². The van der Waals surface area contributed by atoms with Crippen LogP contribution >= 0.6 is 0 Å². The Labute approximate surface area is 159 Å². The number of likely N-dealkylation sites (tertiary alicyclic amines) is 1. The van der Waals surface area contributed by atoms with Gasteiger partial charge in [-0.3, -0.25) is 19.1 Å². The van der Waals surface area contributed by atoms with E-state index in [0.717, 1.165) is 25.7 Å².